The third-order valence-electron chi connectivity index (χ3n) is 3.09. The zero-order chi connectivity index (χ0) is 13.8. The van der Waals surface area contributed by atoms with Gasteiger partial charge in [0.1, 0.15) is 0 Å². The van der Waals surface area contributed by atoms with Crippen LogP contribution in [0.25, 0.3) is 0 Å². The van der Waals surface area contributed by atoms with E-state index in [1.54, 1.807) is 18.2 Å². The first-order chi connectivity index (χ1) is 9.10. The van der Waals surface area contributed by atoms with Crippen molar-refractivity contribution < 1.29 is 9.90 Å². The molecular weight excluding hydrogens is 266 g/mol. The Hall–Kier alpha value is -1.30. The zero-order valence-electron chi connectivity index (χ0n) is 10.6. The van der Waals surface area contributed by atoms with Gasteiger partial charge in [-0.05, 0) is 31.0 Å². The van der Waals surface area contributed by atoms with Crippen molar-refractivity contribution in [2.24, 2.45) is 0 Å². The van der Waals surface area contributed by atoms with Crippen LogP contribution in [0.5, 0.6) is 0 Å². The molecule has 1 fully saturated rings. The third-order valence-corrected chi connectivity index (χ3v) is 3.32. The highest BCUT2D eigenvalue weighted by molar-refractivity contribution is 6.31. The molecule has 1 aromatic rings. The largest absolute Gasteiger partial charge is 0.397 e. The molecule has 0 spiro atoms. The summed E-state index contributed by atoms with van der Waals surface area (Å²) in [6.45, 7) is 0.837. The third kappa shape index (κ3) is 4.09. The van der Waals surface area contributed by atoms with Crippen LogP contribution in [0.1, 0.15) is 12.8 Å². The van der Waals surface area contributed by atoms with E-state index in [0.29, 0.717) is 29.0 Å². The summed E-state index contributed by atoms with van der Waals surface area (Å²) in [6.07, 6.45) is 2.18. The predicted molar refractivity (Wildman–Crippen MR) is 76.2 cm³/mol. The lowest BCUT2D eigenvalue weighted by molar-refractivity contribution is -0.117. The quantitative estimate of drug-likeness (QED) is 0.688. The van der Waals surface area contributed by atoms with Crippen molar-refractivity contribution in [3.8, 4) is 0 Å². The highest BCUT2D eigenvalue weighted by Crippen LogP contribution is 2.27. The molecule has 4 N–H and O–H groups in total. The minimum Gasteiger partial charge on any atom is -0.397 e. The van der Waals surface area contributed by atoms with Crippen LogP contribution in [0.15, 0.2) is 18.2 Å². The lowest BCUT2D eigenvalue weighted by Crippen LogP contribution is -2.36. The standard InChI is InChI=1S/C13H18ClN3O2/c14-9-1-4-11(15)12(7-9)16-13(19)8-17(5-6-18)10-2-3-10/h1,4,7,10,18H,2-3,5-6,8,15H2,(H,16,19). The van der Waals surface area contributed by atoms with Crippen molar-refractivity contribution in [3.05, 3.63) is 23.2 Å². The number of carbonyl (C=O) groups is 1. The van der Waals surface area contributed by atoms with Crippen LogP contribution in [-0.2, 0) is 4.79 Å². The maximum Gasteiger partial charge on any atom is 0.238 e. The lowest BCUT2D eigenvalue weighted by atomic mass is 10.2. The molecule has 0 radical (unpaired) electrons. The van der Waals surface area contributed by atoms with Gasteiger partial charge in [0.05, 0.1) is 24.5 Å². The summed E-state index contributed by atoms with van der Waals surface area (Å²) in [6, 6.07) is 5.39. The Morgan fingerprint density at radius 3 is 2.89 bits per heavy atom. The summed E-state index contributed by atoms with van der Waals surface area (Å²) in [4.78, 5) is 13.9. The second-order valence-corrected chi connectivity index (χ2v) is 5.14. The number of hydrogen-bond acceptors (Lipinski definition) is 4. The number of nitrogen functional groups attached to an aromatic ring is 1. The molecule has 5 nitrogen and oxygen atoms in total. The number of benzene rings is 1. The number of rotatable bonds is 6. The van der Waals surface area contributed by atoms with E-state index in [4.69, 9.17) is 22.4 Å². The van der Waals surface area contributed by atoms with Crippen LogP contribution in [-0.4, -0.2) is 41.7 Å². The maximum absolute atomic E-state index is 12.0. The van der Waals surface area contributed by atoms with E-state index < -0.39 is 0 Å². The number of amides is 1. The number of nitrogens with zero attached hydrogens (tertiary/aromatic N) is 1. The van der Waals surface area contributed by atoms with Gasteiger partial charge in [0, 0.05) is 17.6 Å². The summed E-state index contributed by atoms with van der Waals surface area (Å²) in [5.41, 5.74) is 6.78. The molecule has 1 saturated carbocycles. The summed E-state index contributed by atoms with van der Waals surface area (Å²) in [5, 5.41) is 12.3. The molecule has 1 aromatic carbocycles. The monoisotopic (exact) mass is 283 g/mol. The number of carbonyl (C=O) groups excluding carboxylic acids is 1. The van der Waals surface area contributed by atoms with Crippen molar-refractivity contribution >= 4 is 28.9 Å². The first-order valence-corrected chi connectivity index (χ1v) is 6.67. The zero-order valence-corrected chi connectivity index (χ0v) is 11.4. The Morgan fingerprint density at radius 2 is 2.26 bits per heavy atom. The SMILES string of the molecule is Nc1ccc(Cl)cc1NC(=O)CN(CCO)C1CC1. The van der Waals surface area contributed by atoms with Crippen molar-refractivity contribution in [3.63, 3.8) is 0 Å². The molecule has 6 heteroatoms. The van der Waals surface area contributed by atoms with Crippen LogP contribution in [0.4, 0.5) is 11.4 Å². The van der Waals surface area contributed by atoms with Crippen LogP contribution < -0.4 is 11.1 Å². The molecule has 1 amide bonds. The molecule has 0 bridgehead atoms. The van der Waals surface area contributed by atoms with Gasteiger partial charge in [-0.15, -0.1) is 0 Å². The van der Waals surface area contributed by atoms with Gasteiger partial charge >= 0.3 is 0 Å². The molecule has 19 heavy (non-hydrogen) atoms. The van der Waals surface area contributed by atoms with E-state index in [0.717, 1.165) is 12.8 Å². The van der Waals surface area contributed by atoms with Crippen molar-refractivity contribution in [1.82, 2.24) is 4.90 Å². The van der Waals surface area contributed by atoms with E-state index in [1.807, 2.05) is 4.90 Å². The highest BCUT2D eigenvalue weighted by atomic mass is 35.5. The Bertz CT molecular complexity index is 463. The van der Waals surface area contributed by atoms with Crippen LogP contribution >= 0.6 is 11.6 Å². The minimum atomic E-state index is -0.144. The van der Waals surface area contributed by atoms with Crippen LogP contribution in [0, 0.1) is 0 Å². The molecule has 0 heterocycles. The van der Waals surface area contributed by atoms with Crippen molar-refractivity contribution in [2.75, 3.05) is 30.7 Å². The van der Waals surface area contributed by atoms with E-state index in [2.05, 4.69) is 5.32 Å². The maximum atomic E-state index is 12.0. The molecule has 1 aliphatic rings. The second-order valence-electron chi connectivity index (χ2n) is 4.71. The molecule has 0 saturated heterocycles. The van der Waals surface area contributed by atoms with Gasteiger partial charge in [-0.3, -0.25) is 9.69 Å². The Balaban J connectivity index is 1.94. The number of anilines is 2. The molecule has 0 atom stereocenters. The van der Waals surface area contributed by atoms with Crippen LogP contribution in [0.3, 0.4) is 0 Å². The lowest BCUT2D eigenvalue weighted by Gasteiger charge is -2.20. The average molecular weight is 284 g/mol. The number of hydrogen-bond donors (Lipinski definition) is 3. The van der Waals surface area contributed by atoms with Crippen molar-refractivity contribution in [1.29, 1.82) is 0 Å². The van der Waals surface area contributed by atoms with Gasteiger partial charge in [-0.2, -0.15) is 0 Å². The highest BCUT2D eigenvalue weighted by Gasteiger charge is 2.29. The molecule has 1 aliphatic carbocycles. The number of nitrogens with two attached hydrogens (primary N) is 1. The minimum absolute atomic E-state index is 0.0586. The summed E-state index contributed by atoms with van der Waals surface area (Å²) >= 11 is 5.87. The van der Waals surface area contributed by atoms with E-state index in [-0.39, 0.29) is 19.1 Å². The van der Waals surface area contributed by atoms with Gasteiger partial charge in [0.25, 0.3) is 0 Å². The smallest absolute Gasteiger partial charge is 0.238 e. The van der Waals surface area contributed by atoms with E-state index in [1.165, 1.54) is 0 Å². The van der Waals surface area contributed by atoms with Gasteiger partial charge < -0.3 is 16.2 Å². The summed E-state index contributed by atoms with van der Waals surface area (Å²) < 4.78 is 0. The molecule has 0 aliphatic heterocycles. The number of aliphatic hydroxyl groups excluding tert-OH is 1. The predicted octanol–water partition coefficient (Wildman–Crippen LogP) is 1.32. The van der Waals surface area contributed by atoms with Gasteiger partial charge in [-0.1, -0.05) is 11.6 Å². The van der Waals surface area contributed by atoms with Crippen LogP contribution in [0.2, 0.25) is 5.02 Å². The number of nitrogens with one attached hydrogen (secondary N) is 1. The number of aliphatic hydroxyl groups is 1. The number of halogens is 1. The van der Waals surface area contributed by atoms with Crippen molar-refractivity contribution in [2.45, 2.75) is 18.9 Å². The van der Waals surface area contributed by atoms with E-state index >= 15 is 0 Å². The van der Waals surface area contributed by atoms with Gasteiger partial charge in [0.2, 0.25) is 5.91 Å². The molecule has 0 unspecified atom stereocenters. The Labute approximate surface area is 117 Å². The fourth-order valence-corrected chi connectivity index (χ4v) is 2.14. The fraction of sp³-hybridized carbons (Fsp3) is 0.462. The second kappa shape index (κ2) is 6.23. The first-order valence-electron chi connectivity index (χ1n) is 6.30. The Morgan fingerprint density at radius 1 is 1.53 bits per heavy atom. The molecule has 2 rings (SSSR count). The molecule has 104 valence electrons. The fourth-order valence-electron chi connectivity index (χ4n) is 1.97. The van der Waals surface area contributed by atoms with Gasteiger partial charge in [0.15, 0.2) is 0 Å². The first kappa shape index (κ1) is 14.1. The van der Waals surface area contributed by atoms with E-state index in [9.17, 15) is 4.79 Å². The topological polar surface area (TPSA) is 78.6 Å². The Kier molecular flexibility index (Phi) is 4.63. The summed E-state index contributed by atoms with van der Waals surface area (Å²) in [7, 11) is 0. The average Bonchev–Trinajstić information content (AvgIpc) is 3.17. The summed E-state index contributed by atoms with van der Waals surface area (Å²) in [5.74, 6) is -0.144. The molecule has 0 aromatic heterocycles. The van der Waals surface area contributed by atoms with Gasteiger partial charge in [-0.25, -0.2) is 0 Å². The normalized spacial score (nSPS) is 14.7. The molecular formula is C13H18ClN3O2.